The van der Waals surface area contributed by atoms with Crippen LogP contribution >= 0.6 is 0 Å². The van der Waals surface area contributed by atoms with Gasteiger partial charge in [-0.15, -0.1) is 5.10 Å². The Morgan fingerprint density at radius 2 is 1.90 bits per heavy atom. The monoisotopic (exact) mass is 401 g/mol. The Labute approximate surface area is 173 Å². The number of hydrogen-bond donors (Lipinski definition) is 2. The van der Waals surface area contributed by atoms with Gasteiger partial charge in [0.1, 0.15) is 5.82 Å². The van der Waals surface area contributed by atoms with Crippen molar-refractivity contribution in [2.75, 3.05) is 0 Å². The molecule has 0 saturated carbocycles. The molecule has 1 aromatic carbocycles. The smallest absolute Gasteiger partial charge is 0.254 e. The van der Waals surface area contributed by atoms with E-state index in [9.17, 15) is 4.79 Å². The largest absolute Gasteiger partial charge is 0.311 e. The van der Waals surface area contributed by atoms with E-state index < -0.39 is 0 Å². The number of H-pyrrole nitrogens is 2. The first-order chi connectivity index (χ1) is 14.7. The van der Waals surface area contributed by atoms with E-state index in [1.54, 1.807) is 0 Å². The van der Waals surface area contributed by atoms with E-state index in [0.29, 0.717) is 23.6 Å². The lowest BCUT2D eigenvalue weighted by Gasteiger charge is -2.10. The summed E-state index contributed by atoms with van der Waals surface area (Å²) in [5, 5.41) is 14.1. The highest BCUT2D eigenvalue weighted by Crippen LogP contribution is 2.29. The van der Waals surface area contributed by atoms with Gasteiger partial charge in [0.25, 0.3) is 5.56 Å². The van der Waals surface area contributed by atoms with Gasteiger partial charge in [0.2, 0.25) is 0 Å². The SMILES string of the molecule is CCCCc1nc(C)[nH]c(=O)c1Cc1ccc(-c2ccccc2-c2nnn[nH]2)cn1. The Balaban J connectivity index is 1.63. The van der Waals surface area contributed by atoms with Crippen molar-refractivity contribution < 1.29 is 0 Å². The van der Waals surface area contributed by atoms with Gasteiger partial charge in [-0.1, -0.05) is 43.7 Å². The molecule has 152 valence electrons. The van der Waals surface area contributed by atoms with Crippen molar-refractivity contribution in [3.63, 3.8) is 0 Å². The number of nitrogens with zero attached hydrogens (tertiary/aromatic N) is 5. The molecule has 0 amide bonds. The van der Waals surface area contributed by atoms with Gasteiger partial charge in [0.05, 0.1) is 5.69 Å². The molecule has 4 rings (SSSR count). The fourth-order valence-corrected chi connectivity index (χ4v) is 3.49. The molecular formula is C22H23N7O. The molecule has 0 radical (unpaired) electrons. The van der Waals surface area contributed by atoms with Crippen molar-refractivity contribution in [3.05, 3.63) is 75.7 Å². The number of aromatic nitrogens is 7. The number of tetrazole rings is 1. The fraction of sp³-hybridized carbons (Fsp3) is 0.273. The van der Waals surface area contributed by atoms with E-state index in [-0.39, 0.29) is 5.56 Å². The van der Waals surface area contributed by atoms with Crippen LogP contribution in [0.25, 0.3) is 22.5 Å². The van der Waals surface area contributed by atoms with Crippen molar-refractivity contribution in [2.24, 2.45) is 0 Å². The molecule has 0 atom stereocenters. The summed E-state index contributed by atoms with van der Waals surface area (Å²) in [5.41, 5.74) is 5.14. The quantitative estimate of drug-likeness (QED) is 0.491. The molecule has 0 aliphatic rings. The normalized spacial score (nSPS) is 11.0. The van der Waals surface area contributed by atoms with Gasteiger partial charge in [0.15, 0.2) is 5.82 Å². The van der Waals surface area contributed by atoms with Crippen molar-refractivity contribution in [1.82, 2.24) is 35.6 Å². The predicted octanol–water partition coefficient (Wildman–Crippen LogP) is 3.25. The molecular weight excluding hydrogens is 378 g/mol. The van der Waals surface area contributed by atoms with Crippen LogP contribution in [-0.4, -0.2) is 35.6 Å². The summed E-state index contributed by atoms with van der Waals surface area (Å²) in [7, 11) is 0. The van der Waals surface area contributed by atoms with Crippen molar-refractivity contribution in [1.29, 1.82) is 0 Å². The van der Waals surface area contributed by atoms with Crippen LogP contribution in [0.5, 0.6) is 0 Å². The van der Waals surface area contributed by atoms with E-state index in [1.807, 2.05) is 49.5 Å². The molecule has 3 heterocycles. The molecule has 2 N–H and O–H groups in total. The predicted molar refractivity (Wildman–Crippen MR) is 114 cm³/mol. The number of aromatic amines is 2. The number of pyridine rings is 1. The zero-order valence-corrected chi connectivity index (χ0v) is 17.0. The summed E-state index contributed by atoms with van der Waals surface area (Å²) in [6.45, 7) is 3.95. The van der Waals surface area contributed by atoms with Crippen molar-refractivity contribution in [2.45, 2.75) is 39.5 Å². The number of benzene rings is 1. The van der Waals surface area contributed by atoms with Gasteiger partial charge in [-0.05, 0) is 41.8 Å². The number of hydrogen-bond acceptors (Lipinski definition) is 6. The second-order valence-corrected chi connectivity index (χ2v) is 7.19. The van der Waals surface area contributed by atoms with Crippen LogP contribution in [0.3, 0.4) is 0 Å². The fourth-order valence-electron chi connectivity index (χ4n) is 3.49. The Morgan fingerprint density at radius 3 is 2.60 bits per heavy atom. The van der Waals surface area contributed by atoms with Gasteiger partial charge in [-0.3, -0.25) is 9.78 Å². The van der Waals surface area contributed by atoms with Crippen LogP contribution in [0, 0.1) is 6.92 Å². The minimum Gasteiger partial charge on any atom is -0.311 e. The Kier molecular flexibility index (Phi) is 5.74. The summed E-state index contributed by atoms with van der Waals surface area (Å²) in [5.74, 6) is 1.25. The third-order valence-corrected chi connectivity index (χ3v) is 5.01. The van der Waals surface area contributed by atoms with Crippen LogP contribution in [0.2, 0.25) is 0 Å². The molecule has 0 saturated heterocycles. The average molecular weight is 401 g/mol. The van der Waals surface area contributed by atoms with E-state index in [4.69, 9.17) is 0 Å². The number of nitrogens with one attached hydrogen (secondary N) is 2. The maximum atomic E-state index is 12.5. The first-order valence-corrected chi connectivity index (χ1v) is 10.0. The molecule has 8 heteroatoms. The number of unbranched alkanes of at least 4 members (excludes halogenated alkanes) is 1. The second kappa shape index (κ2) is 8.77. The molecule has 4 aromatic rings. The van der Waals surface area contributed by atoms with E-state index in [1.165, 1.54) is 0 Å². The Morgan fingerprint density at radius 1 is 1.07 bits per heavy atom. The van der Waals surface area contributed by atoms with Gasteiger partial charge in [0, 0.05) is 35.0 Å². The van der Waals surface area contributed by atoms with Gasteiger partial charge in [-0.2, -0.15) is 0 Å². The molecule has 0 aliphatic heterocycles. The maximum Gasteiger partial charge on any atom is 0.254 e. The van der Waals surface area contributed by atoms with Crippen LogP contribution in [0.1, 0.15) is 42.5 Å². The molecule has 0 bridgehead atoms. The zero-order valence-electron chi connectivity index (χ0n) is 17.0. The highest BCUT2D eigenvalue weighted by molar-refractivity contribution is 5.79. The van der Waals surface area contributed by atoms with Gasteiger partial charge < -0.3 is 4.98 Å². The molecule has 30 heavy (non-hydrogen) atoms. The Bertz CT molecular complexity index is 1180. The molecule has 0 spiro atoms. The van der Waals surface area contributed by atoms with Crippen molar-refractivity contribution in [3.8, 4) is 22.5 Å². The molecule has 0 fully saturated rings. The summed E-state index contributed by atoms with van der Waals surface area (Å²) in [4.78, 5) is 24.5. The molecule has 8 nitrogen and oxygen atoms in total. The number of rotatable bonds is 7. The summed E-state index contributed by atoms with van der Waals surface area (Å²) in [6.07, 6.45) is 5.13. The van der Waals surface area contributed by atoms with Crippen LogP contribution in [0.15, 0.2) is 47.4 Å². The van der Waals surface area contributed by atoms with Crippen molar-refractivity contribution >= 4 is 0 Å². The minimum absolute atomic E-state index is 0.0809. The van der Waals surface area contributed by atoms with Crippen LogP contribution in [0.4, 0.5) is 0 Å². The highest BCUT2D eigenvalue weighted by Gasteiger charge is 2.13. The standard InChI is InChI=1S/C22H23N7O/c1-3-4-9-20-19(22(30)25-14(2)24-20)12-16-11-10-15(13-23-16)17-7-5-6-8-18(17)21-26-28-29-27-21/h5-8,10-11,13H,3-4,9,12H2,1-2H3,(H,24,25,30)(H,26,27,28,29). The van der Waals surface area contributed by atoms with E-state index >= 15 is 0 Å². The highest BCUT2D eigenvalue weighted by atomic mass is 16.1. The summed E-state index contributed by atoms with van der Waals surface area (Å²) < 4.78 is 0. The average Bonchev–Trinajstić information content (AvgIpc) is 3.30. The summed E-state index contributed by atoms with van der Waals surface area (Å²) in [6, 6.07) is 11.8. The zero-order chi connectivity index (χ0) is 20.9. The molecule has 0 aliphatic carbocycles. The third kappa shape index (κ3) is 4.17. The first-order valence-electron chi connectivity index (χ1n) is 10.0. The summed E-state index contributed by atoms with van der Waals surface area (Å²) >= 11 is 0. The van der Waals surface area contributed by atoms with Gasteiger partial charge >= 0.3 is 0 Å². The topological polar surface area (TPSA) is 113 Å². The maximum absolute atomic E-state index is 12.5. The van der Waals surface area contributed by atoms with Gasteiger partial charge in [-0.25, -0.2) is 10.1 Å². The van der Waals surface area contributed by atoms with Crippen LogP contribution in [-0.2, 0) is 12.8 Å². The second-order valence-electron chi connectivity index (χ2n) is 7.19. The first kappa shape index (κ1) is 19.6. The molecule has 3 aromatic heterocycles. The Hall–Kier alpha value is -3.68. The van der Waals surface area contributed by atoms with Crippen LogP contribution < -0.4 is 5.56 Å². The lowest BCUT2D eigenvalue weighted by atomic mass is 9.99. The number of aryl methyl sites for hydroxylation is 2. The third-order valence-electron chi connectivity index (χ3n) is 5.01. The minimum atomic E-state index is -0.0809. The lowest BCUT2D eigenvalue weighted by molar-refractivity contribution is 0.751. The van der Waals surface area contributed by atoms with E-state index in [2.05, 4.69) is 42.5 Å². The lowest BCUT2D eigenvalue weighted by Crippen LogP contribution is -2.20. The van der Waals surface area contributed by atoms with E-state index in [0.717, 1.165) is 47.3 Å². The molecule has 0 unspecified atom stereocenters.